The van der Waals surface area contributed by atoms with Crippen LogP contribution < -0.4 is 26.7 Å². The van der Waals surface area contributed by atoms with Crippen LogP contribution in [0.4, 0.5) is 4.39 Å². The molecule has 2 fully saturated rings. The monoisotopic (exact) mass is 395 g/mol. The molecule has 0 spiro atoms. The minimum Gasteiger partial charge on any atom is -0.492 e. The zero-order valence-electron chi connectivity index (χ0n) is 15.9. The first-order valence-corrected chi connectivity index (χ1v) is 9.60. The largest absolute Gasteiger partial charge is 0.492 e. The summed E-state index contributed by atoms with van der Waals surface area (Å²) in [5.74, 6) is 0.788. The van der Waals surface area contributed by atoms with Crippen molar-refractivity contribution >= 4 is 0 Å². The van der Waals surface area contributed by atoms with E-state index in [0.717, 1.165) is 28.2 Å². The predicted octanol–water partition coefficient (Wildman–Crippen LogP) is 2.19. The Bertz CT molecular complexity index is 1030. The molecule has 1 aliphatic carbocycles. The topological polar surface area (TPSA) is 88.1 Å². The van der Waals surface area contributed by atoms with E-state index in [4.69, 9.17) is 4.74 Å². The molecule has 8 nitrogen and oxygen atoms in total. The van der Waals surface area contributed by atoms with Gasteiger partial charge >= 0.3 is 0 Å². The van der Waals surface area contributed by atoms with Gasteiger partial charge in [0.2, 0.25) is 0 Å². The quantitative estimate of drug-likeness (QED) is 0.509. The van der Waals surface area contributed by atoms with Crippen LogP contribution >= 0.6 is 0 Å². The molecule has 0 unspecified atom stereocenters. The maximum absolute atomic E-state index is 13.9. The number of imidazole rings is 1. The summed E-state index contributed by atoms with van der Waals surface area (Å²) in [6, 6.07) is 8.54. The summed E-state index contributed by atoms with van der Waals surface area (Å²) >= 11 is 0. The number of hydrazine groups is 3. The first kappa shape index (κ1) is 18.2. The van der Waals surface area contributed by atoms with Crippen LogP contribution in [-0.2, 0) is 7.05 Å². The standard InChI is InChI=1S/C20H22FN7O/c1-28-11-23-18(16-8-13(6-7-22-16)20-24-26-27-25-20)19(28)15-5-4-14(21)9-17(15)29-10-12-2-3-12/h4-9,11-12,20,24-27H,2-3,10H2,1H3. The normalized spacial score (nSPS) is 17.0. The molecule has 0 bridgehead atoms. The summed E-state index contributed by atoms with van der Waals surface area (Å²) in [4.78, 5) is 9.11. The molecule has 3 aromatic rings. The van der Waals surface area contributed by atoms with Gasteiger partial charge in [-0.05, 0) is 48.6 Å². The van der Waals surface area contributed by atoms with Crippen LogP contribution in [0, 0.1) is 11.7 Å². The lowest BCUT2D eigenvalue weighted by Crippen LogP contribution is -2.33. The molecule has 2 aromatic heterocycles. The predicted molar refractivity (Wildman–Crippen MR) is 105 cm³/mol. The van der Waals surface area contributed by atoms with Crippen LogP contribution in [0.2, 0.25) is 0 Å². The minimum atomic E-state index is -0.318. The number of hydrogen-bond acceptors (Lipinski definition) is 7. The summed E-state index contributed by atoms with van der Waals surface area (Å²) in [7, 11) is 1.91. The number of nitrogens with zero attached hydrogens (tertiary/aromatic N) is 3. The molecule has 1 aliphatic heterocycles. The molecule has 29 heavy (non-hydrogen) atoms. The van der Waals surface area contributed by atoms with Crippen LogP contribution in [-0.4, -0.2) is 21.1 Å². The van der Waals surface area contributed by atoms with E-state index in [0.29, 0.717) is 18.3 Å². The van der Waals surface area contributed by atoms with Gasteiger partial charge in [0.15, 0.2) is 0 Å². The molecule has 1 saturated heterocycles. The number of aromatic nitrogens is 3. The molecular weight excluding hydrogens is 373 g/mol. The number of benzene rings is 1. The average Bonchev–Trinajstić information content (AvgIpc) is 3.24. The molecule has 9 heteroatoms. The highest BCUT2D eigenvalue weighted by atomic mass is 19.1. The maximum Gasteiger partial charge on any atom is 0.131 e. The second-order valence-electron chi connectivity index (χ2n) is 7.39. The fraction of sp³-hybridized carbons (Fsp3) is 0.300. The first-order chi connectivity index (χ1) is 14.2. The number of nitrogens with one attached hydrogen (secondary N) is 4. The zero-order chi connectivity index (χ0) is 19.8. The highest BCUT2D eigenvalue weighted by Gasteiger charge is 2.24. The smallest absolute Gasteiger partial charge is 0.131 e. The molecule has 5 rings (SSSR count). The van der Waals surface area contributed by atoms with Crippen molar-refractivity contribution in [3.63, 3.8) is 0 Å². The van der Waals surface area contributed by atoms with Gasteiger partial charge in [0.25, 0.3) is 0 Å². The molecule has 0 radical (unpaired) electrons. The fourth-order valence-electron chi connectivity index (χ4n) is 3.41. The molecule has 2 aliphatic rings. The van der Waals surface area contributed by atoms with Gasteiger partial charge in [0.1, 0.15) is 23.4 Å². The van der Waals surface area contributed by atoms with E-state index in [2.05, 4.69) is 31.9 Å². The van der Waals surface area contributed by atoms with E-state index in [1.165, 1.54) is 25.0 Å². The Labute approximate surface area is 167 Å². The van der Waals surface area contributed by atoms with Gasteiger partial charge < -0.3 is 9.30 Å². The molecule has 150 valence electrons. The van der Waals surface area contributed by atoms with Crippen LogP contribution in [0.15, 0.2) is 42.9 Å². The van der Waals surface area contributed by atoms with E-state index in [1.807, 2.05) is 23.7 Å². The van der Waals surface area contributed by atoms with E-state index >= 15 is 0 Å². The third kappa shape index (κ3) is 3.73. The molecule has 1 aromatic carbocycles. The van der Waals surface area contributed by atoms with Gasteiger partial charge in [-0.2, -0.15) is 11.1 Å². The van der Waals surface area contributed by atoms with Crippen molar-refractivity contribution in [2.75, 3.05) is 6.61 Å². The third-order valence-electron chi connectivity index (χ3n) is 5.16. The van der Waals surface area contributed by atoms with Crippen LogP contribution in [0.1, 0.15) is 24.6 Å². The Balaban J connectivity index is 1.55. The van der Waals surface area contributed by atoms with Crippen LogP contribution in [0.5, 0.6) is 5.75 Å². The highest BCUT2D eigenvalue weighted by molar-refractivity contribution is 5.80. The van der Waals surface area contributed by atoms with Gasteiger partial charge in [0.05, 0.1) is 24.3 Å². The second-order valence-corrected chi connectivity index (χ2v) is 7.39. The van der Waals surface area contributed by atoms with Crippen molar-refractivity contribution in [3.8, 4) is 28.4 Å². The summed E-state index contributed by atoms with van der Waals surface area (Å²) in [5, 5.41) is 0. The molecule has 4 N–H and O–H groups in total. The Kier molecular flexibility index (Phi) is 4.72. The Morgan fingerprint density at radius 2 is 1.97 bits per heavy atom. The zero-order valence-corrected chi connectivity index (χ0v) is 15.9. The van der Waals surface area contributed by atoms with Crippen molar-refractivity contribution in [3.05, 3.63) is 54.2 Å². The van der Waals surface area contributed by atoms with Gasteiger partial charge in [-0.1, -0.05) is 0 Å². The molecular formula is C20H22FN7O. The number of hydrogen-bond donors (Lipinski definition) is 4. The summed E-state index contributed by atoms with van der Waals surface area (Å²) in [6.07, 6.45) is 5.73. The summed E-state index contributed by atoms with van der Waals surface area (Å²) < 4.78 is 21.8. The lowest BCUT2D eigenvalue weighted by molar-refractivity contribution is 0.299. The third-order valence-corrected chi connectivity index (χ3v) is 5.16. The highest BCUT2D eigenvalue weighted by Crippen LogP contribution is 2.38. The summed E-state index contributed by atoms with van der Waals surface area (Å²) in [5.41, 5.74) is 15.8. The maximum atomic E-state index is 13.9. The second kappa shape index (κ2) is 7.53. The Morgan fingerprint density at radius 1 is 1.14 bits per heavy atom. The lowest BCUT2D eigenvalue weighted by Gasteiger charge is -2.14. The van der Waals surface area contributed by atoms with Crippen molar-refractivity contribution < 1.29 is 9.13 Å². The fourth-order valence-corrected chi connectivity index (χ4v) is 3.41. The number of aryl methyl sites for hydroxylation is 1. The van der Waals surface area contributed by atoms with Crippen LogP contribution in [0.25, 0.3) is 22.6 Å². The van der Waals surface area contributed by atoms with Crippen molar-refractivity contribution in [1.82, 2.24) is 36.5 Å². The number of rotatable bonds is 6. The minimum absolute atomic E-state index is 0.104. The van der Waals surface area contributed by atoms with Crippen molar-refractivity contribution in [2.45, 2.75) is 19.0 Å². The summed E-state index contributed by atoms with van der Waals surface area (Å²) in [6.45, 7) is 0.608. The molecule has 1 saturated carbocycles. The number of halogens is 1. The van der Waals surface area contributed by atoms with Gasteiger partial charge in [-0.25, -0.2) is 20.2 Å². The molecule has 0 amide bonds. The van der Waals surface area contributed by atoms with Crippen LogP contribution in [0.3, 0.4) is 0 Å². The van der Waals surface area contributed by atoms with Crippen molar-refractivity contribution in [1.29, 1.82) is 0 Å². The van der Waals surface area contributed by atoms with E-state index in [-0.39, 0.29) is 12.0 Å². The van der Waals surface area contributed by atoms with Crippen molar-refractivity contribution in [2.24, 2.45) is 13.0 Å². The van der Waals surface area contributed by atoms with E-state index in [9.17, 15) is 4.39 Å². The number of pyridine rings is 1. The lowest BCUT2D eigenvalue weighted by atomic mass is 10.0. The van der Waals surface area contributed by atoms with E-state index < -0.39 is 0 Å². The van der Waals surface area contributed by atoms with Gasteiger partial charge in [-0.3, -0.25) is 4.98 Å². The van der Waals surface area contributed by atoms with Gasteiger partial charge in [0, 0.05) is 24.9 Å². The molecule has 3 heterocycles. The molecule has 0 atom stereocenters. The Hall–Kier alpha value is -2.85. The van der Waals surface area contributed by atoms with Gasteiger partial charge in [-0.15, -0.1) is 0 Å². The average molecular weight is 395 g/mol. The van der Waals surface area contributed by atoms with E-state index in [1.54, 1.807) is 18.6 Å². The first-order valence-electron chi connectivity index (χ1n) is 9.60. The SMILES string of the molecule is Cn1cnc(-c2cc(C3NNNN3)ccn2)c1-c1ccc(F)cc1OCC1CC1. The Morgan fingerprint density at radius 3 is 2.76 bits per heavy atom. The number of ether oxygens (including phenoxy) is 1.